The molecule has 32 heavy (non-hydrogen) atoms. The lowest BCUT2D eigenvalue weighted by atomic mass is 10.0. The van der Waals surface area contributed by atoms with Crippen molar-refractivity contribution in [3.05, 3.63) is 94.6 Å². The van der Waals surface area contributed by atoms with E-state index in [0.717, 1.165) is 56.9 Å². The third-order valence-electron chi connectivity index (χ3n) is 5.54. The van der Waals surface area contributed by atoms with Crippen LogP contribution >= 0.6 is 11.3 Å². The number of aromatic nitrogens is 5. The molecule has 0 aliphatic rings. The van der Waals surface area contributed by atoms with E-state index in [2.05, 4.69) is 76.3 Å². The molecule has 0 unspecified atom stereocenters. The molecule has 0 amide bonds. The quantitative estimate of drug-likeness (QED) is 0.295. The zero-order chi connectivity index (χ0) is 22.1. The van der Waals surface area contributed by atoms with Crippen molar-refractivity contribution in [3.63, 3.8) is 0 Å². The Morgan fingerprint density at radius 1 is 1.19 bits per heavy atom. The Kier molecular flexibility index (Phi) is 5.29. The van der Waals surface area contributed by atoms with Crippen molar-refractivity contribution >= 4 is 27.9 Å². The van der Waals surface area contributed by atoms with Crippen molar-refractivity contribution < 1.29 is 0 Å². The van der Waals surface area contributed by atoms with Gasteiger partial charge in [0, 0.05) is 39.7 Å². The van der Waals surface area contributed by atoms with Gasteiger partial charge in [0.1, 0.15) is 11.2 Å². The second-order valence-electron chi connectivity index (χ2n) is 7.62. The van der Waals surface area contributed by atoms with Gasteiger partial charge in [-0.25, -0.2) is 4.98 Å². The van der Waals surface area contributed by atoms with E-state index in [9.17, 15) is 0 Å². The molecule has 0 saturated carbocycles. The van der Waals surface area contributed by atoms with Gasteiger partial charge in [-0.1, -0.05) is 31.7 Å². The average molecular weight is 438 g/mol. The number of H-pyrrole nitrogens is 2. The Morgan fingerprint density at radius 2 is 2.09 bits per heavy atom. The highest BCUT2D eigenvalue weighted by Crippen LogP contribution is 2.34. The number of fused-ring (bicyclic) bond motifs is 1. The number of hydrogen-bond acceptors (Lipinski definition) is 4. The summed E-state index contributed by atoms with van der Waals surface area (Å²) in [6.45, 7) is 8.11. The SMILES string of the molecule is C=C/C=C(/c1cccs1)c1cc(-c2n[nH]c3ccc(-c4cncc(CC)c4)nc23)[nH]c1C. The number of thiophene rings is 1. The molecule has 0 fully saturated rings. The lowest BCUT2D eigenvalue weighted by Crippen LogP contribution is -1.89. The second-order valence-corrected chi connectivity index (χ2v) is 8.56. The minimum atomic E-state index is 0.805. The van der Waals surface area contributed by atoms with Crippen LogP contribution in [0.25, 0.3) is 39.3 Å². The summed E-state index contributed by atoms with van der Waals surface area (Å²) in [7, 11) is 0. The highest BCUT2D eigenvalue weighted by molar-refractivity contribution is 7.11. The fourth-order valence-electron chi connectivity index (χ4n) is 3.89. The van der Waals surface area contributed by atoms with Crippen LogP contribution in [0.1, 0.15) is 28.6 Å². The van der Waals surface area contributed by atoms with Crippen LogP contribution in [0.3, 0.4) is 0 Å². The number of rotatable bonds is 6. The first-order valence-corrected chi connectivity index (χ1v) is 11.4. The van der Waals surface area contributed by atoms with Crippen molar-refractivity contribution in [1.29, 1.82) is 0 Å². The Labute approximate surface area is 190 Å². The van der Waals surface area contributed by atoms with E-state index in [1.54, 1.807) is 11.3 Å². The molecule has 5 nitrogen and oxygen atoms in total. The highest BCUT2D eigenvalue weighted by Gasteiger charge is 2.17. The summed E-state index contributed by atoms with van der Waals surface area (Å²) in [4.78, 5) is 14.0. The minimum absolute atomic E-state index is 0.805. The lowest BCUT2D eigenvalue weighted by molar-refractivity contribution is 1.10. The summed E-state index contributed by atoms with van der Waals surface area (Å²) >= 11 is 1.72. The molecule has 0 aliphatic carbocycles. The number of hydrogen-bond donors (Lipinski definition) is 2. The van der Waals surface area contributed by atoms with Crippen LogP contribution in [0.2, 0.25) is 0 Å². The first-order valence-electron chi connectivity index (χ1n) is 10.5. The molecular formula is C26H23N5S. The summed E-state index contributed by atoms with van der Waals surface area (Å²) in [5.74, 6) is 0. The molecular weight excluding hydrogens is 414 g/mol. The molecule has 0 atom stereocenters. The Balaban J connectivity index is 1.60. The lowest BCUT2D eigenvalue weighted by Gasteiger charge is -2.03. The molecule has 5 aromatic heterocycles. The number of pyridine rings is 2. The van der Waals surface area contributed by atoms with E-state index < -0.39 is 0 Å². The van der Waals surface area contributed by atoms with Crippen LogP contribution in [0, 0.1) is 6.92 Å². The molecule has 0 aromatic carbocycles. The van der Waals surface area contributed by atoms with Crippen molar-refractivity contribution in [2.24, 2.45) is 0 Å². The van der Waals surface area contributed by atoms with Gasteiger partial charge in [-0.05, 0) is 54.6 Å². The monoisotopic (exact) mass is 437 g/mol. The summed E-state index contributed by atoms with van der Waals surface area (Å²) in [5.41, 5.74) is 9.92. The second kappa shape index (κ2) is 8.40. The Morgan fingerprint density at radius 3 is 2.88 bits per heavy atom. The van der Waals surface area contributed by atoms with Crippen LogP contribution in [-0.2, 0) is 6.42 Å². The van der Waals surface area contributed by atoms with Gasteiger partial charge in [-0.15, -0.1) is 11.3 Å². The van der Waals surface area contributed by atoms with Gasteiger partial charge in [0.05, 0.1) is 16.9 Å². The molecule has 5 heterocycles. The average Bonchev–Trinajstić information content (AvgIpc) is 3.57. The van der Waals surface area contributed by atoms with Gasteiger partial charge < -0.3 is 4.98 Å². The number of aromatic amines is 2. The van der Waals surface area contributed by atoms with Crippen molar-refractivity contribution in [3.8, 4) is 22.6 Å². The van der Waals surface area contributed by atoms with Gasteiger partial charge in [-0.2, -0.15) is 5.10 Å². The molecule has 0 aliphatic heterocycles. The highest BCUT2D eigenvalue weighted by atomic mass is 32.1. The fourth-order valence-corrected chi connectivity index (χ4v) is 4.65. The normalized spacial score (nSPS) is 11.9. The van der Waals surface area contributed by atoms with Gasteiger partial charge in [0.2, 0.25) is 0 Å². The van der Waals surface area contributed by atoms with Gasteiger partial charge >= 0.3 is 0 Å². The van der Waals surface area contributed by atoms with Crippen LogP contribution in [0.4, 0.5) is 0 Å². The molecule has 5 aromatic rings. The maximum atomic E-state index is 4.94. The molecule has 5 rings (SSSR count). The maximum Gasteiger partial charge on any atom is 0.135 e. The molecule has 0 bridgehead atoms. The summed E-state index contributed by atoms with van der Waals surface area (Å²) in [6.07, 6.45) is 8.58. The van der Waals surface area contributed by atoms with Gasteiger partial charge in [0.15, 0.2) is 0 Å². The molecule has 158 valence electrons. The molecule has 2 N–H and O–H groups in total. The largest absolute Gasteiger partial charge is 0.357 e. The fraction of sp³-hybridized carbons (Fsp3) is 0.115. The third-order valence-corrected chi connectivity index (χ3v) is 6.44. The summed E-state index contributed by atoms with van der Waals surface area (Å²) in [5, 5.41) is 9.79. The van der Waals surface area contributed by atoms with Crippen molar-refractivity contribution in [1.82, 2.24) is 25.1 Å². The van der Waals surface area contributed by atoms with E-state index in [1.807, 2.05) is 30.6 Å². The predicted molar refractivity (Wildman–Crippen MR) is 133 cm³/mol. The molecule has 0 saturated heterocycles. The van der Waals surface area contributed by atoms with Crippen LogP contribution in [-0.4, -0.2) is 25.1 Å². The summed E-state index contributed by atoms with van der Waals surface area (Å²) in [6, 6.07) is 12.5. The van der Waals surface area contributed by atoms with Gasteiger partial charge in [0.25, 0.3) is 0 Å². The number of nitrogens with one attached hydrogen (secondary N) is 2. The molecule has 0 spiro atoms. The van der Waals surface area contributed by atoms with E-state index in [4.69, 9.17) is 4.98 Å². The number of allylic oxidation sites excluding steroid dienone is 2. The summed E-state index contributed by atoms with van der Waals surface area (Å²) < 4.78 is 0. The topological polar surface area (TPSA) is 70.2 Å². The molecule has 0 radical (unpaired) electrons. The van der Waals surface area contributed by atoms with Gasteiger partial charge in [-0.3, -0.25) is 10.1 Å². The first-order chi connectivity index (χ1) is 15.7. The van der Waals surface area contributed by atoms with Crippen LogP contribution in [0.5, 0.6) is 0 Å². The van der Waals surface area contributed by atoms with E-state index >= 15 is 0 Å². The Hall–Kier alpha value is -3.77. The van der Waals surface area contributed by atoms with Crippen molar-refractivity contribution in [2.75, 3.05) is 0 Å². The maximum absolute atomic E-state index is 4.94. The van der Waals surface area contributed by atoms with E-state index in [1.165, 1.54) is 10.4 Å². The smallest absolute Gasteiger partial charge is 0.135 e. The predicted octanol–water partition coefficient (Wildman–Crippen LogP) is 6.57. The molecule has 6 heteroatoms. The number of nitrogens with zero attached hydrogens (tertiary/aromatic N) is 3. The Bertz CT molecular complexity index is 1440. The number of aryl methyl sites for hydroxylation is 2. The van der Waals surface area contributed by atoms with E-state index in [0.29, 0.717) is 0 Å². The standard InChI is InChI=1S/C26H23N5S/c1-4-7-19(24-8-6-11-32-24)20-13-23(28-16(20)3)26-25-22(30-31-26)10-9-21(29-25)18-12-17(5-2)14-27-15-18/h4,6-15,28H,1,5H2,2-3H3,(H,30,31)/b19-7+. The van der Waals surface area contributed by atoms with Crippen molar-refractivity contribution in [2.45, 2.75) is 20.3 Å². The zero-order valence-corrected chi connectivity index (χ0v) is 18.8. The third kappa shape index (κ3) is 3.59. The van der Waals surface area contributed by atoms with Crippen LogP contribution in [0.15, 0.2) is 72.9 Å². The minimum Gasteiger partial charge on any atom is -0.357 e. The first kappa shape index (κ1) is 20.2. The zero-order valence-electron chi connectivity index (χ0n) is 18.0. The van der Waals surface area contributed by atoms with Crippen LogP contribution < -0.4 is 0 Å². The van der Waals surface area contributed by atoms with E-state index in [-0.39, 0.29) is 0 Å².